The van der Waals surface area contributed by atoms with E-state index in [-0.39, 0.29) is 6.10 Å². The molecule has 2 heterocycles. The zero-order valence-corrected chi connectivity index (χ0v) is 7.57. The van der Waals surface area contributed by atoms with Crippen molar-refractivity contribution in [1.29, 1.82) is 0 Å². The molecule has 0 aliphatic carbocycles. The van der Waals surface area contributed by atoms with Gasteiger partial charge in [0.15, 0.2) is 0 Å². The van der Waals surface area contributed by atoms with Gasteiger partial charge < -0.3 is 10.5 Å². The molecule has 1 fully saturated rings. The molecule has 0 spiro atoms. The molecule has 0 bridgehead atoms. The van der Waals surface area contributed by atoms with Gasteiger partial charge in [-0.15, -0.1) is 0 Å². The molecule has 1 unspecified atom stereocenters. The van der Waals surface area contributed by atoms with Crippen LogP contribution in [0.3, 0.4) is 0 Å². The summed E-state index contributed by atoms with van der Waals surface area (Å²) in [5, 5.41) is 0. The summed E-state index contributed by atoms with van der Waals surface area (Å²) in [6, 6.07) is 2.09. The van der Waals surface area contributed by atoms with Crippen molar-refractivity contribution in [2.24, 2.45) is 5.73 Å². The molecule has 1 aliphatic heterocycles. The van der Waals surface area contributed by atoms with Gasteiger partial charge in [0.05, 0.1) is 6.10 Å². The number of pyridine rings is 1. The minimum Gasteiger partial charge on any atom is -0.373 e. The molecule has 3 nitrogen and oxygen atoms in total. The second kappa shape index (κ2) is 3.85. The van der Waals surface area contributed by atoms with E-state index in [1.54, 1.807) is 6.20 Å². The van der Waals surface area contributed by atoms with E-state index in [0.29, 0.717) is 6.54 Å². The molecule has 1 saturated heterocycles. The number of aromatic nitrogens is 1. The molecule has 3 heteroatoms. The van der Waals surface area contributed by atoms with Crippen molar-refractivity contribution in [2.45, 2.75) is 25.5 Å². The lowest BCUT2D eigenvalue weighted by atomic mass is 10.1. The quantitative estimate of drug-likeness (QED) is 0.744. The van der Waals surface area contributed by atoms with Gasteiger partial charge in [-0.2, -0.15) is 0 Å². The minimum atomic E-state index is 0.249. The highest BCUT2D eigenvalue weighted by Gasteiger charge is 2.17. The zero-order valence-electron chi connectivity index (χ0n) is 7.57. The summed E-state index contributed by atoms with van der Waals surface area (Å²) in [5.74, 6) is 0. The van der Waals surface area contributed by atoms with Gasteiger partial charge in [0.2, 0.25) is 0 Å². The van der Waals surface area contributed by atoms with Gasteiger partial charge in [0.25, 0.3) is 0 Å². The number of hydrogen-bond donors (Lipinski definition) is 1. The predicted octanol–water partition coefficient (Wildman–Crippen LogP) is 1.39. The van der Waals surface area contributed by atoms with Crippen LogP contribution in [0.15, 0.2) is 18.5 Å². The Kier molecular flexibility index (Phi) is 2.57. The van der Waals surface area contributed by atoms with Crippen molar-refractivity contribution in [2.75, 3.05) is 6.61 Å². The highest BCUT2D eigenvalue weighted by atomic mass is 16.5. The molecule has 0 saturated carbocycles. The summed E-state index contributed by atoms with van der Waals surface area (Å²) < 4.78 is 5.56. The van der Waals surface area contributed by atoms with Crippen LogP contribution in [0.1, 0.15) is 30.1 Å². The Labute approximate surface area is 77.9 Å². The molecule has 2 rings (SSSR count). The van der Waals surface area contributed by atoms with Crippen molar-refractivity contribution >= 4 is 0 Å². The van der Waals surface area contributed by atoms with Crippen LogP contribution < -0.4 is 5.73 Å². The smallest absolute Gasteiger partial charge is 0.0840 e. The molecule has 2 N–H and O–H groups in total. The highest BCUT2D eigenvalue weighted by molar-refractivity contribution is 5.20. The fourth-order valence-electron chi connectivity index (χ4n) is 1.64. The maximum Gasteiger partial charge on any atom is 0.0840 e. The van der Waals surface area contributed by atoms with Crippen LogP contribution in [-0.4, -0.2) is 11.6 Å². The molecule has 0 aromatic carbocycles. The third-order valence-electron chi connectivity index (χ3n) is 2.35. The van der Waals surface area contributed by atoms with E-state index in [4.69, 9.17) is 10.5 Å². The third kappa shape index (κ3) is 1.87. The Morgan fingerprint density at radius 2 is 2.46 bits per heavy atom. The first kappa shape index (κ1) is 8.66. The molecule has 0 amide bonds. The molecule has 13 heavy (non-hydrogen) atoms. The van der Waals surface area contributed by atoms with E-state index in [1.807, 2.05) is 6.20 Å². The van der Waals surface area contributed by atoms with Gasteiger partial charge in [-0.25, -0.2) is 0 Å². The summed E-state index contributed by atoms with van der Waals surface area (Å²) >= 11 is 0. The van der Waals surface area contributed by atoms with E-state index in [1.165, 1.54) is 5.56 Å². The predicted molar refractivity (Wildman–Crippen MR) is 50.1 cm³/mol. The van der Waals surface area contributed by atoms with Crippen molar-refractivity contribution in [3.63, 3.8) is 0 Å². The van der Waals surface area contributed by atoms with Gasteiger partial charge in [0, 0.05) is 25.5 Å². The maximum atomic E-state index is 5.56. The Balaban J connectivity index is 2.18. The molecule has 0 radical (unpaired) electrons. The van der Waals surface area contributed by atoms with E-state index >= 15 is 0 Å². The summed E-state index contributed by atoms with van der Waals surface area (Å²) in [6.45, 7) is 1.42. The van der Waals surface area contributed by atoms with Gasteiger partial charge in [-0.1, -0.05) is 0 Å². The topological polar surface area (TPSA) is 48.1 Å². The fourth-order valence-corrected chi connectivity index (χ4v) is 1.64. The lowest BCUT2D eigenvalue weighted by Crippen LogP contribution is -2.01. The number of rotatable bonds is 2. The Hall–Kier alpha value is -0.930. The Bertz CT molecular complexity index is 282. The van der Waals surface area contributed by atoms with Gasteiger partial charge in [0.1, 0.15) is 0 Å². The Morgan fingerprint density at radius 1 is 1.54 bits per heavy atom. The number of hydrogen-bond acceptors (Lipinski definition) is 3. The second-order valence-corrected chi connectivity index (χ2v) is 3.33. The van der Waals surface area contributed by atoms with E-state index in [2.05, 4.69) is 11.1 Å². The second-order valence-electron chi connectivity index (χ2n) is 3.33. The van der Waals surface area contributed by atoms with Crippen LogP contribution in [0.5, 0.6) is 0 Å². The maximum absolute atomic E-state index is 5.56. The summed E-state index contributed by atoms with van der Waals surface area (Å²) in [5.41, 5.74) is 7.78. The highest BCUT2D eigenvalue weighted by Crippen LogP contribution is 2.27. The molecule has 1 atom stereocenters. The van der Waals surface area contributed by atoms with Crippen LogP contribution in [-0.2, 0) is 11.3 Å². The molecule has 70 valence electrons. The van der Waals surface area contributed by atoms with Crippen LogP contribution in [0.4, 0.5) is 0 Å². The summed E-state index contributed by atoms with van der Waals surface area (Å²) in [7, 11) is 0. The van der Waals surface area contributed by atoms with Crippen molar-refractivity contribution in [3.05, 3.63) is 29.6 Å². The summed E-state index contributed by atoms with van der Waals surface area (Å²) in [4.78, 5) is 4.14. The number of nitrogens with two attached hydrogens (primary N) is 1. The van der Waals surface area contributed by atoms with Crippen molar-refractivity contribution < 1.29 is 4.74 Å². The van der Waals surface area contributed by atoms with E-state index < -0.39 is 0 Å². The SMILES string of the molecule is NCc1cncc(C2CCCO2)c1. The molecule has 1 aliphatic rings. The average Bonchev–Trinajstić information content (AvgIpc) is 2.71. The largest absolute Gasteiger partial charge is 0.373 e. The summed E-state index contributed by atoms with van der Waals surface area (Å²) in [6.07, 6.45) is 6.18. The van der Waals surface area contributed by atoms with Crippen LogP contribution in [0.2, 0.25) is 0 Å². The van der Waals surface area contributed by atoms with Crippen LogP contribution in [0, 0.1) is 0 Å². The van der Waals surface area contributed by atoms with Crippen molar-refractivity contribution in [1.82, 2.24) is 4.98 Å². The fraction of sp³-hybridized carbons (Fsp3) is 0.500. The van der Waals surface area contributed by atoms with Crippen LogP contribution >= 0.6 is 0 Å². The van der Waals surface area contributed by atoms with E-state index in [9.17, 15) is 0 Å². The van der Waals surface area contributed by atoms with Crippen molar-refractivity contribution in [3.8, 4) is 0 Å². The molecule has 1 aromatic rings. The minimum absolute atomic E-state index is 0.249. The monoisotopic (exact) mass is 178 g/mol. The van der Waals surface area contributed by atoms with Gasteiger partial charge in [-0.3, -0.25) is 4.98 Å². The first-order valence-electron chi connectivity index (χ1n) is 4.65. The average molecular weight is 178 g/mol. The lowest BCUT2D eigenvalue weighted by Gasteiger charge is -2.09. The number of nitrogens with zero attached hydrogens (tertiary/aromatic N) is 1. The van der Waals surface area contributed by atoms with Gasteiger partial charge >= 0.3 is 0 Å². The molecular formula is C10H14N2O. The standard InChI is InChI=1S/C10H14N2O/c11-5-8-4-9(7-12-6-8)10-2-1-3-13-10/h4,6-7,10H,1-3,5,11H2. The Morgan fingerprint density at radius 3 is 3.15 bits per heavy atom. The third-order valence-corrected chi connectivity index (χ3v) is 2.35. The molecular weight excluding hydrogens is 164 g/mol. The number of ether oxygens (including phenoxy) is 1. The van der Waals surface area contributed by atoms with Crippen LogP contribution in [0.25, 0.3) is 0 Å². The first-order valence-corrected chi connectivity index (χ1v) is 4.65. The molecule has 1 aromatic heterocycles. The normalized spacial score (nSPS) is 22.1. The first-order chi connectivity index (χ1) is 6.40. The van der Waals surface area contributed by atoms with E-state index in [0.717, 1.165) is 25.0 Å². The zero-order chi connectivity index (χ0) is 9.10. The lowest BCUT2D eigenvalue weighted by molar-refractivity contribution is 0.111. The van der Waals surface area contributed by atoms with Gasteiger partial charge in [-0.05, 0) is 30.0 Å².